The fourth-order valence-electron chi connectivity index (χ4n) is 3.50. The molecule has 31 heavy (non-hydrogen) atoms. The molecule has 0 radical (unpaired) electrons. The Kier molecular flexibility index (Phi) is 6.68. The largest absolute Gasteiger partial charge is 0.466 e. The Bertz CT molecular complexity index is 1000. The molecule has 0 heterocycles. The van der Waals surface area contributed by atoms with Crippen molar-refractivity contribution in [3.8, 4) is 0 Å². The molecule has 0 saturated heterocycles. The number of carbonyl (C=O) groups is 3. The lowest BCUT2D eigenvalue weighted by Gasteiger charge is -2.22. The lowest BCUT2D eigenvalue weighted by atomic mass is 9.93. The van der Waals surface area contributed by atoms with Gasteiger partial charge in [-0.05, 0) is 43.9 Å². The molecule has 8 heteroatoms. The summed E-state index contributed by atoms with van der Waals surface area (Å²) in [6.45, 7) is 3.04. The van der Waals surface area contributed by atoms with Crippen LogP contribution in [-0.4, -0.2) is 24.5 Å². The van der Waals surface area contributed by atoms with Crippen LogP contribution in [0.4, 0.5) is 13.6 Å². The molecule has 1 amide bonds. The zero-order chi connectivity index (χ0) is 22.6. The number of hydrogen-bond acceptors (Lipinski definition) is 5. The number of carbonyl (C=O) groups excluding carboxylic acids is 3. The molecule has 0 spiro atoms. The average molecular weight is 431 g/mol. The van der Waals surface area contributed by atoms with E-state index in [1.807, 2.05) is 18.2 Å². The molecular formula is C23H23F2NO5. The number of ketones is 1. The maximum Gasteiger partial charge on any atom is 0.408 e. The van der Waals surface area contributed by atoms with E-state index in [9.17, 15) is 23.2 Å². The predicted molar refractivity (Wildman–Crippen MR) is 107 cm³/mol. The van der Waals surface area contributed by atoms with Gasteiger partial charge in [-0.25, -0.2) is 13.6 Å². The fraction of sp³-hybridized carbons (Fsp3) is 0.348. The van der Waals surface area contributed by atoms with Crippen LogP contribution in [-0.2, 0) is 26.4 Å². The minimum absolute atomic E-state index is 0.0191. The highest BCUT2D eigenvalue weighted by Crippen LogP contribution is 2.48. The molecule has 1 aliphatic rings. The first-order valence-electron chi connectivity index (χ1n) is 9.94. The summed E-state index contributed by atoms with van der Waals surface area (Å²) in [6.07, 6.45) is -0.622. The van der Waals surface area contributed by atoms with Crippen molar-refractivity contribution in [3.63, 3.8) is 0 Å². The van der Waals surface area contributed by atoms with Gasteiger partial charge in [0.05, 0.1) is 17.7 Å². The van der Waals surface area contributed by atoms with Gasteiger partial charge < -0.3 is 14.8 Å². The minimum Gasteiger partial charge on any atom is -0.466 e. The standard InChI is InChI=1S/C23H23F2NO5/c1-3-30-19(28)12-18(27)16-11-17(24)20(14(2)21(16)25)23(9-10-23)26-22(29)31-13-15-7-5-4-6-8-15/h4-8,11H,3,9-10,12-13H2,1-2H3,(H,26,29). The third-order valence-corrected chi connectivity index (χ3v) is 5.14. The number of esters is 1. The smallest absolute Gasteiger partial charge is 0.408 e. The normalized spacial score (nSPS) is 13.9. The van der Waals surface area contributed by atoms with Crippen molar-refractivity contribution in [2.75, 3.05) is 6.61 Å². The molecule has 0 unspecified atom stereocenters. The third kappa shape index (κ3) is 5.07. The van der Waals surface area contributed by atoms with Crippen molar-refractivity contribution in [1.29, 1.82) is 0 Å². The number of nitrogens with one attached hydrogen (secondary N) is 1. The van der Waals surface area contributed by atoms with Crippen molar-refractivity contribution < 1.29 is 32.6 Å². The number of rotatable bonds is 8. The first kappa shape index (κ1) is 22.4. The SMILES string of the molecule is CCOC(=O)CC(=O)c1cc(F)c(C2(NC(=O)OCc3ccccc3)CC2)c(C)c1F. The predicted octanol–water partition coefficient (Wildman–Crippen LogP) is 4.32. The molecule has 0 atom stereocenters. The summed E-state index contributed by atoms with van der Waals surface area (Å²) < 4.78 is 39.7. The van der Waals surface area contributed by atoms with Gasteiger partial charge in [0.1, 0.15) is 24.7 Å². The molecular weight excluding hydrogens is 408 g/mol. The summed E-state index contributed by atoms with van der Waals surface area (Å²) in [6, 6.07) is 9.83. The number of benzene rings is 2. The molecule has 0 bridgehead atoms. The summed E-state index contributed by atoms with van der Waals surface area (Å²) in [7, 11) is 0. The minimum atomic E-state index is -1.09. The van der Waals surface area contributed by atoms with E-state index in [0.29, 0.717) is 12.8 Å². The van der Waals surface area contributed by atoms with Gasteiger partial charge in [-0.15, -0.1) is 0 Å². The lowest BCUT2D eigenvalue weighted by molar-refractivity contribution is -0.141. The zero-order valence-corrected chi connectivity index (χ0v) is 17.3. The highest BCUT2D eigenvalue weighted by atomic mass is 19.1. The Morgan fingerprint density at radius 2 is 1.77 bits per heavy atom. The average Bonchev–Trinajstić information content (AvgIpc) is 3.49. The van der Waals surface area contributed by atoms with E-state index in [4.69, 9.17) is 4.74 Å². The lowest BCUT2D eigenvalue weighted by Crippen LogP contribution is -2.37. The second-order valence-corrected chi connectivity index (χ2v) is 7.39. The number of hydrogen-bond donors (Lipinski definition) is 1. The van der Waals surface area contributed by atoms with Crippen LogP contribution in [0.2, 0.25) is 0 Å². The van der Waals surface area contributed by atoms with Gasteiger partial charge in [0.2, 0.25) is 0 Å². The van der Waals surface area contributed by atoms with Gasteiger partial charge in [-0.3, -0.25) is 9.59 Å². The molecule has 1 fully saturated rings. The van der Waals surface area contributed by atoms with E-state index >= 15 is 0 Å². The number of alkyl carbamates (subject to hydrolysis) is 1. The van der Waals surface area contributed by atoms with E-state index in [1.165, 1.54) is 6.92 Å². The van der Waals surface area contributed by atoms with Crippen molar-refractivity contribution in [2.45, 2.75) is 45.3 Å². The summed E-state index contributed by atoms with van der Waals surface area (Å²) >= 11 is 0. The van der Waals surface area contributed by atoms with Gasteiger partial charge in [0.25, 0.3) is 0 Å². The maximum atomic E-state index is 14.9. The van der Waals surface area contributed by atoms with Gasteiger partial charge in [-0.2, -0.15) is 0 Å². The van der Waals surface area contributed by atoms with Crippen LogP contribution in [0.15, 0.2) is 36.4 Å². The number of amides is 1. The summed E-state index contributed by atoms with van der Waals surface area (Å²) in [5.74, 6) is -3.43. The molecule has 1 saturated carbocycles. The van der Waals surface area contributed by atoms with Crippen LogP contribution in [0, 0.1) is 18.6 Å². The Balaban J connectivity index is 1.76. The maximum absolute atomic E-state index is 14.9. The van der Waals surface area contributed by atoms with Gasteiger partial charge in [0.15, 0.2) is 5.78 Å². The van der Waals surface area contributed by atoms with E-state index in [1.54, 1.807) is 19.1 Å². The molecule has 1 aliphatic carbocycles. The Morgan fingerprint density at radius 1 is 1.10 bits per heavy atom. The van der Waals surface area contributed by atoms with Crippen molar-refractivity contribution >= 4 is 17.8 Å². The highest BCUT2D eigenvalue weighted by Gasteiger charge is 2.49. The topological polar surface area (TPSA) is 81.7 Å². The molecule has 3 rings (SSSR count). The zero-order valence-electron chi connectivity index (χ0n) is 17.3. The molecule has 2 aromatic rings. The van der Waals surface area contributed by atoms with Gasteiger partial charge >= 0.3 is 12.1 Å². The molecule has 0 aromatic heterocycles. The van der Waals surface area contributed by atoms with E-state index in [-0.39, 0.29) is 24.3 Å². The Hall–Kier alpha value is -3.29. The number of halogens is 2. The van der Waals surface area contributed by atoms with Crippen molar-refractivity contribution in [3.05, 3.63) is 70.3 Å². The quantitative estimate of drug-likeness (QED) is 0.382. The van der Waals surface area contributed by atoms with Crippen LogP contribution in [0.3, 0.4) is 0 Å². The van der Waals surface area contributed by atoms with Crippen LogP contribution in [0.5, 0.6) is 0 Å². The van der Waals surface area contributed by atoms with Crippen molar-refractivity contribution in [2.24, 2.45) is 0 Å². The monoisotopic (exact) mass is 431 g/mol. The van der Waals surface area contributed by atoms with Crippen molar-refractivity contribution in [1.82, 2.24) is 5.32 Å². The van der Waals surface area contributed by atoms with E-state index in [0.717, 1.165) is 11.6 Å². The summed E-state index contributed by atoms with van der Waals surface area (Å²) in [4.78, 5) is 36.0. The van der Waals surface area contributed by atoms with Crippen LogP contribution >= 0.6 is 0 Å². The van der Waals surface area contributed by atoms with Crippen LogP contribution in [0.1, 0.15) is 53.2 Å². The molecule has 0 aliphatic heterocycles. The first-order valence-corrected chi connectivity index (χ1v) is 9.94. The molecule has 1 N–H and O–H groups in total. The van der Waals surface area contributed by atoms with E-state index in [2.05, 4.69) is 10.1 Å². The molecule has 164 valence electrons. The Labute approximate surface area is 178 Å². The summed E-state index contributed by atoms with van der Waals surface area (Å²) in [5.41, 5.74) is -0.928. The van der Waals surface area contributed by atoms with Crippen LogP contribution < -0.4 is 5.32 Å². The molecule has 2 aromatic carbocycles. The number of Topliss-reactive ketones (excluding diaryl/α,β-unsaturated/α-hetero) is 1. The second-order valence-electron chi connectivity index (χ2n) is 7.39. The Morgan fingerprint density at radius 3 is 2.39 bits per heavy atom. The number of ether oxygens (including phenoxy) is 2. The second kappa shape index (κ2) is 9.24. The van der Waals surface area contributed by atoms with E-state index < -0.39 is 47.0 Å². The summed E-state index contributed by atoms with van der Waals surface area (Å²) in [5, 5.41) is 2.63. The molecule has 6 nitrogen and oxygen atoms in total. The van der Waals surface area contributed by atoms with Gasteiger partial charge in [0, 0.05) is 5.56 Å². The third-order valence-electron chi connectivity index (χ3n) is 5.14. The first-order chi connectivity index (χ1) is 14.8. The fourth-order valence-corrected chi connectivity index (χ4v) is 3.50. The van der Waals surface area contributed by atoms with Crippen LogP contribution in [0.25, 0.3) is 0 Å². The van der Waals surface area contributed by atoms with Gasteiger partial charge in [-0.1, -0.05) is 30.3 Å². The highest BCUT2D eigenvalue weighted by molar-refractivity contribution is 6.06.